The van der Waals surface area contributed by atoms with Gasteiger partial charge in [-0.3, -0.25) is 9.59 Å². The summed E-state index contributed by atoms with van der Waals surface area (Å²) in [5.41, 5.74) is 1.73. The molecular formula is C23H24ClN5O2S. The van der Waals surface area contributed by atoms with Gasteiger partial charge in [-0.25, -0.2) is 4.98 Å². The predicted molar refractivity (Wildman–Crippen MR) is 129 cm³/mol. The highest BCUT2D eigenvalue weighted by atomic mass is 35.5. The normalized spacial score (nSPS) is 14.2. The quantitative estimate of drug-likeness (QED) is 0.575. The van der Waals surface area contributed by atoms with Crippen molar-refractivity contribution in [3.8, 4) is 0 Å². The van der Waals surface area contributed by atoms with Crippen LogP contribution in [-0.2, 0) is 6.54 Å². The second kappa shape index (κ2) is 10.1. The molecule has 0 bridgehead atoms. The summed E-state index contributed by atoms with van der Waals surface area (Å²) in [7, 11) is 2.12. The van der Waals surface area contributed by atoms with Crippen LogP contribution in [0.5, 0.6) is 0 Å². The molecule has 1 aromatic carbocycles. The van der Waals surface area contributed by atoms with E-state index in [1.165, 1.54) is 11.3 Å². The Kier molecular flexibility index (Phi) is 7.04. The zero-order valence-corrected chi connectivity index (χ0v) is 19.2. The first-order valence-corrected chi connectivity index (χ1v) is 11.6. The summed E-state index contributed by atoms with van der Waals surface area (Å²) in [5, 5.41) is 7.86. The highest BCUT2D eigenvalue weighted by Gasteiger charge is 2.16. The summed E-state index contributed by atoms with van der Waals surface area (Å²) >= 11 is 7.55. The summed E-state index contributed by atoms with van der Waals surface area (Å²) in [6, 6.07) is 12.3. The van der Waals surface area contributed by atoms with Crippen molar-refractivity contribution in [1.29, 1.82) is 0 Å². The SMILES string of the molecule is CN1CCN(c2ccc(CNC(=O)c3ccc(Cl)c(NC(=O)c4cccs4)c3)cn2)CC1. The number of thiophene rings is 1. The first kappa shape index (κ1) is 22.3. The van der Waals surface area contributed by atoms with Gasteiger partial charge in [0.2, 0.25) is 0 Å². The Hall–Kier alpha value is -2.94. The Morgan fingerprint density at radius 3 is 2.59 bits per heavy atom. The number of piperazine rings is 1. The molecule has 7 nitrogen and oxygen atoms in total. The number of hydrogen-bond donors (Lipinski definition) is 2. The molecule has 0 saturated carbocycles. The number of nitrogens with zero attached hydrogens (tertiary/aromatic N) is 3. The lowest BCUT2D eigenvalue weighted by Crippen LogP contribution is -2.44. The van der Waals surface area contributed by atoms with Gasteiger partial charge in [-0.05, 0) is 48.3 Å². The zero-order chi connectivity index (χ0) is 22.5. The topological polar surface area (TPSA) is 77.6 Å². The van der Waals surface area contributed by atoms with Gasteiger partial charge in [0.15, 0.2) is 0 Å². The maximum absolute atomic E-state index is 12.6. The lowest BCUT2D eigenvalue weighted by Gasteiger charge is -2.33. The van der Waals surface area contributed by atoms with Gasteiger partial charge in [0.1, 0.15) is 5.82 Å². The van der Waals surface area contributed by atoms with Crippen molar-refractivity contribution in [3.05, 3.63) is 75.1 Å². The Morgan fingerprint density at radius 2 is 1.91 bits per heavy atom. The number of carbonyl (C=O) groups is 2. The smallest absolute Gasteiger partial charge is 0.265 e. The molecule has 2 aromatic heterocycles. The fraction of sp³-hybridized carbons (Fsp3) is 0.261. The molecule has 0 radical (unpaired) electrons. The third-order valence-corrected chi connectivity index (χ3v) is 6.51. The van der Waals surface area contributed by atoms with Crippen LogP contribution in [0, 0.1) is 0 Å². The molecule has 0 aliphatic carbocycles. The lowest BCUT2D eigenvalue weighted by atomic mass is 10.1. The average molecular weight is 470 g/mol. The van der Waals surface area contributed by atoms with Gasteiger partial charge < -0.3 is 20.4 Å². The minimum atomic E-state index is -0.258. The molecule has 3 aromatic rings. The van der Waals surface area contributed by atoms with E-state index in [4.69, 9.17) is 11.6 Å². The maximum Gasteiger partial charge on any atom is 0.265 e. The van der Waals surface area contributed by atoms with Gasteiger partial charge in [-0.1, -0.05) is 23.7 Å². The van der Waals surface area contributed by atoms with E-state index in [0.717, 1.165) is 37.6 Å². The number of rotatable bonds is 6. The van der Waals surface area contributed by atoms with Crippen LogP contribution < -0.4 is 15.5 Å². The van der Waals surface area contributed by atoms with Crippen molar-refractivity contribution in [3.63, 3.8) is 0 Å². The first-order valence-electron chi connectivity index (χ1n) is 10.3. The number of nitrogens with one attached hydrogen (secondary N) is 2. The molecule has 0 unspecified atom stereocenters. The first-order chi connectivity index (χ1) is 15.5. The standard InChI is InChI=1S/C23H24ClN5O2S/c1-28-8-10-29(11-9-28)21-7-4-16(14-25-21)15-26-22(30)17-5-6-18(24)19(13-17)27-23(31)20-3-2-12-32-20/h2-7,12-14H,8-11,15H2,1H3,(H,26,30)(H,27,31). The van der Waals surface area contributed by atoms with Gasteiger partial charge in [-0.2, -0.15) is 0 Å². The molecule has 2 amide bonds. The number of aromatic nitrogens is 1. The third-order valence-electron chi connectivity index (χ3n) is 5.31. The van der Waals surface area contributed by atoms with Crippen molar-refractivity contribution in [2.45, 2.75) is 6.54 Å². The van der Waals surface area contributed by atoms with Crippen molar-refractivity contribution < 1.29 is 9.59 Å². The summed E-state index contributed by atoms with van der Waals surface area (Å²) in [4.78, 5) is 34.6. The molecule has 32 heavy (non-hydrogen) atoms. The Labute approximate surface area is 196 Å². The van der Waals surface area contributed by atoms with E-state index in [-0.39, 0.29) is 11.8 Å². The number of pyridine rings is 1. The van der Waals surface area contributed by atoms with Crippen LogP contribution in [0.3, 0.4) is 0 Å². The van der Waals surface area contributed by atoms with E-state index >= 15 is 0 Å². The number of anilines is 2. The summed E-state index contributed by atoms with van der Waals surface area (Å²) in [6.45, 7) is 4.32. The van der Waals surface area contributed by atoms with Gasteiger partial charge in [0.25, 0.3) is 11.8 Å². The minimum Gasteiger partial charge on any atom is -0.354 e. The van der Waals surface area contributed by atoms with Crippen LogP contribution in [0.15, 0.2) is 54.0 Å². The maximum atomic E-state index is 12.6. The molecule has 0 atom stereocenters. The lowest BCUT2D eigenvalue weighted by molar-refractivity contribution is 0.0949. The van der Waals surface area contributed by atoms with E-state index in [1.807, 2.05) is 17.5 Å². The number of amides is 2. The Balaban J connectivity index is 1.35. The fourth-order valence-electron chi connectivity index (χ4n) is 3.38. The Bertz CT molecular complexity index is 1080. The minimum absolute atomic E-state index is 0.253. The third kappa shape index (κ3) is 5.45. The summed E-state index contributed by atoms with van der Waals surface area (Å²) in [6.07, 6.45) is 1.79. The summed E-state index contributed by atoms with van der Waals surface area (Å²) in [5.74, 6) is 0.444. The van der Waals surface area contributed by atoms with Gasteiger partial charge in [0, 0.05) is 44.5 Å². The van der Waals surface area contributed by atoms with E-state index < -0.39 is 0 Å². The average Bonchev–Trinajstić information content (AvgIpc) is 3.35. The molecule has 1 saturated heterocycles. The van der Waals surface area contributed by atoms with Crippen molar-refractivity contribution in [2.75, 3.05) is 43.4 Å². The number of carbonyl (C=O) groups excluding carboxylic acids is 2. The predicted octanol–water partition coefficient (Wildman–Crippen LogP) is 3.73. The molecule has 166 valence electrons. The molecule has 9 heteroatoms. The second-order valence-electron chi connectivity index (χ2n) is 7.62. The van der Waals surface area contributed by atoms with Crippen molar-refractivity contribution in [2.24, 2.45) is 0 Å². The molecule has 3 heterocycles. The van der Waals surface area contributed by atoms with Crippen LogP contribution >= 0.6 is 22.9 Å². The largest absolute Gasteiger partial charge is 0.354 e. The van der Waals surface area contributed by atoms with E-state index in [2.05, 4.69) is 32.5 Å². The number of benzene rings is 1. The van der Waals surface area contributed by atoms with Crippen LogP contribution in [0.25, 0.3) is 0 Å². The fourth-order valence-corrected chi connectivity index (χ4v) is 4.17. The Morgan fingerprint density at radius 1 is 1.09 bits per heavy atom. The van der Waals surface area contributed by atoms with Gasteiger partial charge in [0.05, 0.1) is 15.6 Å². The van der Waals surface area contributed by atoms with Crippen LogP contribution in [0.2, 0.25) is 5.02 Å². The second-order valence-corrected chi connectivity index (χ2v) is 8.98. The van der Waals surface area contributed by atoms with Crippen LogP contribution in [0.1, 0.15) is 25.6 Å². The van der Waals surface area contributed by atoms with Crippen LogP contribution in [0.4, 0.5) is 11.5 Å². The molecule has 1 fully saturated rings. The molecule has 1 aliphatic rings. The van der Waals surface area contributed by atoms with Crippen LogP contribution in [-0.4, -0.2) is 54.9 Å². The van der Waals surface area contributed by atoms with Crippen molar-refractivity contribution in [1.82, 2.24) is 15.2 Å². The summed E-state index contributed by atoms with van der Waals surface area (Å²) < 4.78 is 0. The monoisotopic (exact) mass is 469 g/mol. The number of hydrogen-bond acceptors (Lipinski definition) is 6. The van der Waals surface area contributed by atoms with Crippen molar-refractivity contribution >= 4 is 46.3 Å². The van der Waals surface area contributed by atoms with Gasteiger partial charge in [-0.15, -0.1) is 11.3 Å². The van der Waals surface area contributed by atoms with Gasteiger partial charge >= 0.3 is 0 Å². The molecule has 2 N–H and O–H groups in total. The molecular weight excluding hydrogens is 446 g/mol. The molecule has 4 rings (SSSR count). The number of likely N-dealkylation sites (N-methyl/N-ethyl adjacent to an activating group) is 1. The van der Waals surface area contributed by atoms with E-state index in [1.54, 1.807) is 36.5 Å². The zero-order valence-electron chi connectivity index (χ0n) is 17.7. The molecule has 1 aliphatic heterocycles. The van der Waals surface area contributed by atoms with E-state index in [9.17, 15) is 9.59 Å². The molecule has 0 spiro atoms. The highest BCUT2D eigenvalue weighted by Crippen LogP contribution is 2.24. The number of halogens is 1. The highest BCUT2D eigenvalue weighted by molar-refractivity contribution is 7.12. The van der Waals surface area contributed by atoms with E-state index in [0.29, 0.717) is 27.7 Å².